The van der Waals surface area contributed by atoms with Crippen molar-refractivity contribution >= 4 is 23.1 Å². The summed E-state index contributed by atoms with van der Waals surface area (Å²) in [5, 5.41) is 5.32. The zero-order chi connectivity index (χ0) is 17.1. The van der Waals surface area contributed by atoms with Crippen LogP contribution < -0.4 is 20.1 Å². The third-order valence-electron chi connectivity index (χ3n) is 3.65. The van der Waals surface area contributed by atoms with Crippen molar-refractivity contribution in [3.05, 3.63) is 59.8 Å². The lowest BCUT2D eigenvalue weighted by atomic mass is 10.0. The summed E-state index contributed by atoms with van der Waals surface area (Å²) in [5.74, 6) is 0.406. The molecular weight excluding hydrogens is 308 g/mol. The molecule has 3 rings (SSSR count). The van der Waals surface area contributed by atoms with Crippen LogP contribution in [-0.2, 0) is 9.59 Å². The highest BCUT2D eigenvalue weighted by atomic mass is 16.5. The molecule has 1 aliphatic heterocycles. The number of methoxy groups -OCH3 is 2. The first-order valence-corrected chi connectivity index (χ1v) is 7.28. The Morgan fingerprint density at radius 1 is 0.875 bits per heavy atom. The van der Waals surface area contributed by atoms with Crippen LogP contribution in [0.1, 0.15) is 5.56 Å². The maximum Gasteiger partial charge on any atom is 0.275 e. The van der Waals surface area contributed by atoms with Gasteiger partial charge < -0.3 is 14.8 Å². The number of imide groups is 1. The lowest BCUT2D eigenvalue weighted by Crippen LogP contribution is -2.24. The number of anilines is 1. The number of nitrogens with one attached hydrogen (secondary N) is 2. The summed E-state index contributed by atoms with van der Waals surface area (Å²) in [7, 11) is 3.12. The van der Waals surface area contributed by atoms with E-state index in [0.717, 1.165) is 0 Å². The van der Waals surface area contributed by atoms with Gasteiger partial charge in [-0.3, -0.25) is 14.9 Å². The van der Waals surface area contributed by atoms with E-state index in [-0.39, 0.29) is 11.3 Å². The summed E-state index contributed by atoms with van der Waals surface area (Å²) in [6, 6.07) is 14.1. The number of carbonyl (C=O) groups is 2. The highest BCUT2D eigenvalue weighted by Gasteiger charge is 2.31. The molecule has 24 heavy (non-hydrogen) atoms. The molecule has 0 saturated heterocycles. The van der Waals surface area contributed by atoms with E-state index in [1.807, 2.05) is 0 Å². The predicted octanol–water partition coefficient (Wildman–Crippen LogP) is 2.18. The number of hydrogen-bond donors (Lipinski definition) is 2. The van der Waals surface area contributed by atoms with Crippen molar-refractivity contribution in [2.24, 2.45) is 0 Å². The second-order valence-corrected chi connectivity index (χ2v) is 5.12. The van der Waals surface area contributed by atoms with Crippen molar-refractivity contribution < 1.29 is 19.1 Å². The van der Waals surface area contributed by atoms with E-state index in [1.54, 1.807) is 62.8 Å². The Labute approximate surface area is 139 Å². The Hall–Kier alpha value is -3.28. The van der Waals surface area contributed by atoms with Gasteiger partial charge in [0.1, 0.15) is 17.2 Å². The van der Waals surface area contributed by atoms with Gasteiger partial charge in [-0.15, -0.1) is 0 Å². The average molecular weight is 324 g/mol. The summed E-state index contributed by atoms with van der Waals surface area (Å²) >= 11 is 0. The van der Waals surface area contributed by atoms with E-state index < -0.39 is 11.8 Å². The van der Waals surface area contributed by atoms with Crippen molar-refractivity contribution in [3.63, 3.8) is 0 Å². The van der Waals surface area contributed by atoms with Crippen LogP contribution >= 0.6 is 0 Å². The molecule has 0 unspecified atom stereocenters. The fraction of sp³-hybridized carbons (Fsp3) is 0.111. The van der Waals surface area contributed by atoms with Gasteiger partial charge in [-0.05, 0) is 42.0 Å². The minimum Gasteiger partial charge on any atom is -0.497 e. The Kier molecular flexibility index (Phi) is 4.20. The third kappa shape index (κ3) is 2.94. The molecule has 0 aliphatic carbocycles. The number of amides is 2. The molecule has 0 fully saturated rings. The van der Waals surface area contributed by atoms with E-state index >= 15 is 0 Å². The molecule has 2 aromatic rings. The summed E-state index contributed by atoms with van der Waals surface area (Å²) in [5.41, 5.74) is 1.78. The first-order chi connectivity index (χ1) is 11.6. The van der Waals surface area contributed by atoms with E-state index in [9.17, 15) is 9.59 Å². The van der Waals surface area contributed by atoms with Crippen LogP contribution in [0.4, 0.5) is 5.69 Å². The minimum atomic E-state index is -0.464. The molecule has 1 aliphatic rings. The van der Waals surface area contributed by atoms with Gasteiger partial charge in [-0.1, -0.05) is 12.1 Å². The molecule has 0 spiro atoms. The Morgan fingerprint density at radius 3 is 2.25 bits per heavy atom. The fourth-order valence-electron chi connectivity index (χ4n) is 2.45. The van der Waals surface area contributed by atoms with Gasteiger partial charge in [0, 0.05) is 5.69 Å². The summed E-state index contributed by atoms with van der Waals surface area (Å²) < 4.78 is 10.3. The normalized spacial score (nSPS) is 13.8. The maximum absolute atomic E-state index is 12.2. The number of benzene rings is 2. The number of ether oxygens (including phenoxy) is 2. The van der Waals surface area contributed by atoms with E-state index in [2.05, 4.69) is 10.6 Å². The fourth-order valence-corrected chi connectivity index (χ4v) is 2.45. The summed E-state index contributed by atoms with van der Waals surface area (Å²) in [6.07, 6.45) is 0. The average Bonchev–Trinajstić information content (AvgIpc) is 2.89. The highest BCUT2D eigenvalue weighted by molar-refractivity contribution is 6.36. The van der Waals surface area contributed by atoms with Gasteiger partial charge >= 0.3 is 0 Å². The zero-order valence-corrected chi connectivity index (χ0v) is 13.3. The highest BCUT2D eigenvalue weighted by Crippen LogP contribution is 2.28. The second kappa shape index (κ2) is 6.45. The number of rotatable bonds is 5. The monoisotopic (exact) mass is 324 g/mol. The van der Waals surface area contributed by atoms with Crippen molar-refractivity contribution in [2.45, 2.75) is 0 Å². The van der Waals surface area contributed by atoms with Crippen molar-refractivity contribution in [1.29, 1.82) is 0 Å². The van der Waals surface area contributed by atoms with Gasteiger partial charge in [-0.2, -0.15) is 0 Å². The quantitative estimate of drug-likeness (QED) is 0.825. The van der Waals surface area contributed by atoms with Crippen LogP contribution in [0, 0.1) is 0 Å². The van der Waals surface area contributed by atoms with Crippen LogP contribution in [0.15, 0.2) is 54.2 Å². The lowest BCUT2D eigenvalue weighted by molar-refractivity contribution is -0.123. The first kappa shape index (κ1) is 15.6. The summed E-state index contributed by atoms with van der Waals surface area (Å²) in [6.45, 7) is 0. The maximum atomic E-state index is 12.2. The van der Waals surface area contributed by atoms with Crippen LogP contribution in [0.2, 0.25) is 0 Å². The lowest BCUT2D eigenvalue weighted by Gasteiger charge is -2.09. The molecule has 122 valence electrons. The van der Waals surface area contributed by atoms with Crippen LogP contribution in [0.25, 0.3) is 5.57 Å². The molecule has 0 radical (unpaired) electrons. The molecule has 1 heterocycles. The molecule has 0 atom stereocenters. The minimum absolute atomic E-state index is 0.207. The van der Waals surface area contributed by atoms with Gasteiger partial charge in [0.05, 0.1) is 19.8 Å². The molecular formula is C18H16N2O4. The number of hydrogen-bond acceptors (Lipinski definition) is 5. The molecule has 6 heteroatoms. The van der Waals surface area contributed by atoms with Gasteiger partial charge in [0.2, 0.25) is 0 Å². The molecule has 0 bridgehead atoms. The van der Waals surface area contributed by atoms with Crippen LogP contribution in [0.3, 0.4) is 0 Å². The first-order valence-electron chi connectivity index (χ1n) is 7.28. The van der Waals surface area contributed by atoms with Crippen molar-refractivity contribution in [2.75, 3.05) is 19.5 Å². The van der Waals surface area contributed by atoms with E-state index in [1.165, 1.54) is 0 Å². The standard InChI is InChI=1S/C18H16N2O4/c1-23-13-8-6-12(7-9-13)19-16-15(17(21)20-18(16)22)11-4-3-5-14(10-11)24-2/h3-10H,1-2H3,(H2,19,20,21,22). The molecule has 0 saturated carbocycles. The van der Waals surface area contributed by atoms with Gasteiger partial charge in [0.15, 0.2) is 0 Å². The van der Waals surface area contributed by atoms with E-state index in [4.69, 9.17) is 9.47 Å². The van der Waals surface area contributed by atoms with E-state index in [0.29, 0.717) is 22.7 Å². The second-order valence-electron chi connectivity index (χ2n) is 5.12. The van der Waals surface area contributed by atoms with Crippen molar-refractivity contribution in [3.8, 4) is 11.5 Å². The van der Waals surface area contributed by atoms with Gasteiger partial charge in [0.25, 0.3) is 11.8 Å². The van der Waals surface area contributed by atoms with Crippen LogP contribution in [-0.4, -0.2) is 26.0 Å². The SMILES string of the molecule is COc1ccc(NC2=C(c3cccc(OC)c3)C(=O)NC2=O)cc1. The molecule has 2 aromatic carbocycles. The molecule has 2 N–H and O–H groups in total. The van der Waals surface area contributed by atoms with Gasteiger partial charge in [-0.25, -0.2) is 0 Å². The number of carbonyl (C=O) groups excluding carboxylic acids is 2. The summed E-state index contributed by atoms with van der Waals surface area (Å²) in [4.78, 5) is 24.3. The molecule has 2 amide bonds. The predicted molar refractivity (Wildman–Crippen MR) is 89.7 cm³/mol. The van der Waals surface area contributed by atoms with Crippen molar-refractivity contribution in [1.82, 2.24) is 5.32 Å². The van der Waals surface area contributed by atoms with Crippen LogP contribution in [0.5, 0.6) is 11.5 Å². The smallest absolute Gasteiger partial charge is 0.275 e. The zero-order valence-electron chi connectivity index (χ0n) is 13.3. The largest absolute Gasteiger partial charge is 0.497 e. The molecule has 0 aromatic heterocycles. The third-order valence-corrected chi connectivity index (χ3v) is 3.65. The Balaban J connectivity index is 2.00. The topological polar surface area (TPSA) is 76.7 Å². The Morgan fingerprint density at radius 2 is 1.58 bits per heavy atom. The molecule has 6 nitrogen and oxygen atoms in total. The Bertz CT molecular complexity index is 825.